The molecule has 1 aromatic heterocycles. The summed E-state index contributed by atoms with van der Waals surface area (Å²) in [6, 6.07) is 14.2. The molecule has 3 aromatic rings. The van der Waals surface area contributed by atoms with E-state index >= 15 is 0 Å². The zero-order valence-electron chi connectivity index (χ0n) is 16.0. The number of nitrogens with zero attached hydrogens (tertiary/aromatic N) is 3. The Bertz CT molecular complexity index is 914. The number of nitrogens with one attached hydrogen (secondary N) is 1. The van der Waals surface area contributed by atoms with E-state index < -0.39 is 0 Å². The van der Waals surface area contributed by atoms with E-state index in [9.17, 15) is 0 Å². The van der Waals surface area contributed by atoms with Gasteiger partial charge in [-0.3, -0.25) is 4.90 Å². The molecule has 140 valence electrons. The Morgan fingerprint density at radius 2 is 1.93 bits per heavy atom. The van der Waals surface area contributed by atoms with Crippen molar-refractivity contribution in [2.45, 2.75) is 26.3 Å². The second-order valence-corrected chi connectivity index (χ2v) is 7.35. The Balaban J connectivity index is 1.66. The van der Waals surface area contributed by atoms with Crippen LogP contribution in [0.25, 0.3) is 10.9 Å². The molecule has 5 nitrogen and oxygen atoms in total. The van der Waals surface area contributed by atoms with Gasteiger partial charge < -0.3 is 10.1 Å². The van der Waals surface area contributed by atoms with Crippen LogP contribution in [0.1, 0.15) is 25.3 Å². The van der Waals surface area contributed by atoms with Crippen LogP contribution in [0.4, 0.5) is 11.5 Å². The van der Waals surface area contributed by atoms with E-state index in [1.165, 1.54) is 18.4 Å². The number of rotatable bonds is 5. The molecule has 0 amide bonds. The van der Waals surface area contributed by atoms with Crippen LogP contribution in [0.5, 0.6) is 5.75 Å². The zero-order valence-corrected chi connectivity index (χ0v) is 16.0. The van der Waals surface area contributed by atoms with Gasteiger partial charge in [0.15, 0.2) is 0 Å². The molecule has 4 rings (SSSR count). The summed E-state index contributed by atoms with van der Waals surface area (Å²) in [5, 5.41) is 4.56. The van der Waals surface area contributed by atoms with Gasteiger partial charge >= 0.3 is 0 Å². The summed E-state index contributed by atoms with van der Waals surface area (Å²) in [4.78, 5) is 11.6. The van der Waals surface area contributed by atoms with E-state index in [-0.39, 0.29) is 0 Å². The van der Waals surface area contributed by atoms with Gasteiger partial charge in [-0.25, -0.2) is 9.97 Å². The molecule has 0 unspecified atom stereocenters. The lowest BCUT2D eigenvalue weighted by atomic mass is 9.98. The minimum absolute atomic E-state index is 0.820. The van der Waals surface area contributed by atoms with E-state index in [1.54, 1.807) is 13.4 Å². The first-order valence-corrected chi connectivity index (χ1v) is 9.59. The molecule has 5 heteroatoms. The van der Waals surface area contributed by atoms with Crippen LogP contribution in [0.15, 0.2) is 48.8 Å². The number of likely N-dealkylation sites (tertiary alicyclic amines) is 1. The summed E-state index contributed by atoms with van der Waals surface area (Å²) in [5.74, 6) is 2.50. The molecule has 0 saturated carbocycles. The first-order chi connectivity index (χ1) is 13.2. The van der Waals surface area contributed by atoms with Crippen molar-refractivity contribution in [3.63, 3.8) is 0 Å². The monoisotopic (exact) mass is 362 g/mol. The minimum atomic E-state index is 0.820. The first-order valence-electron chi connectivity index (χ1n) is 9.59. The van der Waals surface area contributed by atoms with Crippen molar-refractivity contribution in [3.8, 4) is 5.75 Å². The number of aromatic nitrogens is 2. The van der Waals surface area contributed by atoms with Crippen molar-refractivity contribution >= 4 is 22.4 Å². The summed E-state index contributed by atoms with van der Waals surface area (Å²) in [6.07, 6.45) is 4.17. The predicted molar refractivity (Wildman–Crippen MR) is 109 cm³/mol. The second kappa shape index (κ2) is 7.92. The molecular weight excluding hydrogens is 336 g/mol. The van der Waals surface area contributed by atoms with Crippen molar-refractivity contribution in [2.24, 2.45) is 5.92 Å². The number of hydrogen-bond donors (Lipinski definition) is 1. The Kier molecular flexibility index (Phi) is 5.21. The molecule has 1 N–H and O–H groups in total. The number of anilines is 2. The van der Waals surface area contributed by atoms with Crippen LogP contribution in [0.3, 0.4) is 0 Å². The van der Waals surface area contributed by atoms with E-state index in [0.717, 1.165) is 53.7 Å². The highest BCUT2D eigenvalue weighted by atomic mass is 16.5. The molecule has 2 heterocycles. The van der Waals surface area contributed by atoms with Gasteiger partial charge in [-0.15, -0.1) is 0 Å². The Labute approximate surface area is 160 Å². The molecule has 2 aromatic carbocycles. The van der Waals surface area contributed by atoms with Crippen molar-refractivity contribution < 1.29 is 4.74 Å². The van der Waals surface area contributed by atoms with Gasteiger partial charge in [-0.1, -0.05) is 25.1 Å². The Morgan fingerprint density at radius 1 is 1.11 bits per heavy atom. The van der Waals surface area contributed by atoms with Gasteiger partial charge in [-0.2, -0.15) is 0 Å². The van der Waals surface area contributed by atoms with Gasteiger partial charge in [-0.05, 0) is 55.6 Å². The highest BCUT2D eigenvalue weighted by Crippen LogP contribution is 2.29. The van der Waals surface area contributed by atoms with Crippen LogP contribution in [-0.4, -0.2) is 35.1 Å². The Hall–Kier alpha value is -2.66. The summed E-state index contributed by atoms with van der Waals surface area (Å²) in [5.41, 5.74) is 3.20. The maximum atomic E-state index is 5.33. The van der Waals surface area contributed by atoms with Gasteiger partial charge in [0.25, 0.3) is 0 Å². The lowest BCUT2D eigenvalue weighted by molar-refractivity contribution is 0.186. The third kappa shape index (κ3) is 4.03. The standard InChI is InChI=1S/C22H26N4O/c1-16-9-11-26(12-10-16)14-17-5-3-8-20-21(17)22(24-15-23-20)25-18-6-4-7-19(13-18)27-2/h3-8,13,15-16H,9-12,14H2,1-2H3,(H,23,24,25). The molecule has 0 radical (unpaired) electrons. The van der Waals surface area contributed by atoms with E-state index in [4.69, 9.17) is 4.74 Å². The molecule has 0 spiro atoms. The predicted octanol–water partition coefficient (Wildman–Crippen LogP) is 4.61. The highest BCUT2D eigenvalue weighted by Gasteiger charge is 2.18. The smallest absolute Gasteiger partial charge is 0.142 e. The average molecular weight is 362 g/mol. The van der Waals surface area contributed by atoms with Crippen LogP contribution < -0.4 is 10.1 Å². The number of hydrogen-bond acceptors (Lipinski definition) is 5. The van der Waals surface area contributed by atoms with Crippen LogP contribution in [-0.2, 0) is 6.54 Å². The van der Waals surface area contributed by atoms with Crippen molar-refractivity contribution in [2.75, 3.05) is 25.5 Å². The van der Waals surface area contributed by atoms with E-state index in [2.05, 4.69) is 45.3 Å². The van der Waals surface area contributed by atoms with Crippen molar-refractivity contribution in [3.05, 3.63) is 54.4 Å². The summed E-state index contributed by atoms with van der Waals surface area (Å²) in [7, 11) is 1.68. The number of ether oxygens (including phenoxy) is 1. The quantitative estimate of drug-likeness (QED) is 0.718. The lowest BCUT2D eigenvalue weighted by Gasteiger charge is -2.30. The SMILES string of the molecule is COc1cccc(Nc2ncnc3cccc(CN4CCC(C)CC4)c23)c1. The van der Waals surface area contributed by atoms with Gasteiger partial charge in [0, 0.05) is 23.7 Å². The largest absolute Gasteiger partial charge is 0.497 e. The van der Waals surface area contributed by atoms with Gasteiger partial charge in [0.05, 0.1) is 12.6 Å². The molecule has 1 saturated heterocycles. The second-order valence-electron chi connectivity index (χ2n) is 7.35. The van der Waals surface area contributed by atoms with Crippen molar-refractivity contribution in [1.82, 2.24) is 14.9 Å². The van der Waals surface area contributed by atoms with Crippen LogP contribution in [0.2, 0.25) is 0 Å². The minimum Gasteiger partial charge on any atom is -0.497 e. The fourth-order valence-corrected chi connectivity index (χ4v) is 3.71. The Morgan fingerprint density at radius 3 is 2.74 bits per heavy atom. The fourth-order valence-electron chi connectivity index (χ4n) is 3.71. The van der Waals surface area contributed by atoms with Crippen LogP contribution in [0, 0.1) is 5.92 Å². The lowest BCUT2D eigenvalue weighted by Crippen LogP contribution is -2.32. The number of benzene rings is 2. The number of fused-ring (bicyclic) bond motifs is 1. The molecular formula is C22H26N4O. The third-order valence-electron chi connectivity index (χ3n) is 5.35. The topological polar surface area (TPSA) is 50.3 Å². The molecule has 0 bridgehead atoms. The van der Waals surface area contributed by atoms with Gasteiger partial charge in [0.1, 0.15) is 17.9 Å². The molecule has 0 atom stereocenters. The average Bonchev–Trinajstić information content (AvgIpc) is 2.70. The van der Waals surface area contributed by atoms with E-state index in [1.807, 2.05) is 24.3 Å². The van der Waals surface area contributed by atoms with Crippen molar-refractivity contribution in [1.29, 1.82) is 0 Å². The molecule has 1 fully saturated rings. The molecule has 0 aliphatic carbocycles. The fraction of sp³-hybridized carbons (Fsp3) is 0.364. The number of methoxy groups -OCH3 is 1. The summed E-state index contributed by atoms with van der Waals surface area (Å²) < 4.78 is 5.33. The molecule has 1 aliphatic rings. The van der Waals surface area contributed by atoms with Gasteiger partial charge in [0.2, 0.25) is 0 Å². The first kappa shape index (κ1) is 17.7. The third-order valence-corrected chi connectivity index (χ3v) is 5.35. The normalized spacial score (nSPS) is 15.8. The maximum absolute atomic E-state index is 5.33. The summed E-state index contributed by atoms with van der Waals surface area (Å²) in [6.45, 7) is 5.59. The molecule has 27 heavy (non-hydrogen) atoms. The highest BCUT2D eigenvalue weighted by molar-refractivity contribution is 5.93. The van der Waals surface area contributed by atoms with E-state index in [0.29, 0.717) is 0 Å². The number of piperidine rings is 1. The maximum Gasteiger partial charge on any atom is 0.142 e. The zero-order chi connectivity index (χ0) is 18.6. The summed E-state index contributed by atoms with van der Waals surface area (Å²) >= 11 is 0. The van der Waals surface area contributed by atoms with Crippen LogP contribution >= 0.6 is 0 Å². The molecule has 1 aliphatic heterocycles.